The molecule has 0 spiro atoms. The number of rotatable bonds is 3. The molecule has 0 heterocycles. The van der Waals surface area contributed by atoms with E-state index in [1.165, 1.54) is 5.56 Å². The minimum absolute atomic E-state index is 0.0572. The number of hydrogen-bond acceptors (Lipinski definition) is 1. The highest BCUT2D eigenvalue weighted by molar-refractivity contribution is 9.10. The molecule has 1 aromatic rings. The summed E-state index contributed by atoms with van der Waals surface area (Å²) in [5.74, 6) is 0.732. The van der Waals surface area contributed by atoms with E-state index in [9.17, 15) is 4.79 Å². The standard InChI is InChI=1S/C13H17BrO/c1-8(2)11-6-5-10(7-12(11)14)13(15)9(3)4/h5-9H,1-4H3. The lowest BCUT2D eigenvalue weighted by Crippen LogP contribution is -2.07. The molecule has 0 aliphatic carbocycles. The third kappa shape index (κ3) is 2.91. The van der Waals surface area contributed by atoms with Crippen LogP contribution in [0.3, 0.4) is 0 Å². The second kappa shape index (κ2) is 4.93. The maximum atomic E-state index is 11.8. The summed E-state index contributed by atoms with van der Waals surface area (Å²) >= 11 is 3.51. The lowest BCUT2D eigenvalue weighted by Gasteiger charge is -2.10. The van der Waals surface area contributed by atoms with E-state index in [0.717, 1.165) is 10.0 Å². The highest BCUT2D eigenvalue weighted by Crippen LogP contribution is 2.26. The fourth-order valence-electron chi connectivity index (χ4n) is 1.48. The second-order valence-electron chi connectivity index (χ2n) is 4.41. The lowest BCUT2D eigenvalue weighted by atomic mass is 9.97. The van der Waals surface area contributed by atoms with Crippen LogP contribution in [0, 0.1) is 5.92 Å². The van der Waals surface area contributed by atoms with Crippen LogP contribution >= 0.6 is 15.9 Å². The van der Waals surface area contributed by atoms with Crippen molar-refractivity contribution < 1.29 is 4.79 Å². The molecule has 1 rings (SSSR count). The summed E-state index contributed by atoms with van der Waals surface area (Å²) < 4.78 is 1.03. The molecule has 0 fully saturated rings. The number of hydrogen-bond donors (Lipinski definition) is 0. The van der Waals surface area contributed by atoms with E-state index in [4.69, 9.17) is 0 Å². The monoisotopic (exact) mass is 268 g/mol. The molecule has 0 saturated carbocycles. The SMILES string of the molecule is CC(C)C(=O)c1ccc(C(C)C)c(Br)c1. The minimum Gasteiger partial charge on any atom is -0.294 e. The number of carbonyl (C=O) groups is 1. The second-order valence-corrected chi connectivity index (χ2v) is 5.26. The van der Waals surface area contributed by atoms with Crippen LogP contribution in [-0.4, -0.2) is 5.78 Å². The van der Waals surface area contributed by atoms with Crippen LogP contribution in [0.5, 0.6) is 0 Å². The van der Waals surface area contributed by atoms with Gasteiger partial charge in [-0.1, -0.05) is 55.8 Å². The van der Waals surface area contributed by atoms with E-state index in [1.807, 2.05) is 32.0 Å². The van der Waals surface area contributed by atoms with Gasteiger partial charge in [-0.15, -0.1) is 0 Å². The molecule has 0 aliphatic rings. The summed E-state index contributed by atoms with van der Waals surface area (Å²) in [5.41, 5.74) is 2.04. The van der Waals surface area contributed by atoms with Gasteiger partial charge in [0.2, 0.25) is 0 Å². The van der Waals surface area contributed by atoms with Crippen molar-refractivity contribution in [3.05, 3.63) is 33.8 Å². The molecule has 0 aliphatic heterocycles. The Bertz CT molecular complexity index is 367. The highest BCUT2D eigenvalue weighted by Gasteiger charge is 2.12. The average molecular weight is 269 g/mol. The fourth-order valence-corrected chi connectivity index (χ4v) is 2.32. The van der Waals surface area contributed by atoms with Crippen LogP contribution in [-0.2, 0) is 0 Å². The smallest absolute Gasteiger partial charge is 0.165 e. The Morgan fingerprint density at radius 1 is 1.20 bits per heavy atom. The third-order valence-electron chi connectivity index (χ3n) is 2.43. The van der Waals surface area contributed by atoms with E-state index >= 15 is 0 Å². The number of ketones is 1. The molecule has 82 valence electrons. The number of Topliss-reactive ketones (excluding diaryl/α,β-unsaturated/α-hetero) is 1. The molecule has 2 heteroatoms. The van der Waals surface area contributed by atoms with Gasteiger partial charge in [-0.2, -0.15) is 0 Å². The van der Waals surface area contributed by atoms with Crippen molar-refractivity contribution in [1.82, 2.24) is 0 Å². The molecular formula is C13H17BrO. The van der Waals surface area contributed by atoms with Crippen molar-refractivity contribution in [3.8, 4) is 0 Å². The van der Waals surface area contributed by atoms with Crippen LogP contribution in [0.4, 0.5) is 0 Å². The molecular weight excluding hydrogens is 252 g/mol. The van der Waals surface area contributed by atoms with Gasteiger partial charge >= 0.3 is 0 Å². The molecule has 0 bridgehead atoms. The molecule has 0 aromatic heterocycles. The summed E-state index contributed by atoms with van der Waals surface area (Å²) in [5, 5.41) is 0. The first-order valence-electron chi connectivity index (χ1n) is 5.27. The van der Waals surface area contributed by atoms with Gasteiger partial charge < -0.3 is 0 Å². The van der Waals surface area contributed by atoms with Gasteiger partial charge in [-0.25, -0.2) is 0 Å². The predicted octanol–water partition coefficient (Wildman–Crippen LogP) is 4.41. The summed E-state index contributed by atoms with van der Waals surface area (Å²) in [6.07, 6.45) is 0. The zero-order valence-corrected chi connectivity index (χ0v) is 11.3. The van der Waals surface area contributed by atoms with Gasteiger partial charge in [-0.05, 0) is 17.5 Å². The number of benzene rings is 1. The Morgan fingerprint density at radius 2 is 1.80 bits per heavy atom. The molecule has 0 amide bonds. The van der Waals surface area contributed by atoms with Gasteiger partial charge in [0, 0.05) is 16.0 Å². The van der Waals surface area contributed by atoms with E-state index in [-0.39, 0.29) is 11.7 Å². The number of carbonyl (C=O) groups excluding carboxylic acids is 1. The Labute approximate surface area is 100 Å². The van der Waals surface area contributed by atoms with Gasteiger partial charge in [0.15, 0.2) is 5.78 Å². The molecule has 0 atom stereocenters. The first-order chi connectivity index (χ1) is 6.93. The van der Waals surface area contributed by atoms with Crippen LogP contribution < -0.4 is 0 Å². The molecule has 1 aromatic carbocycles. The van der Waals surface area contributed by atoms with Gasteiger partial charge in [0.05, 0.1) is 0 Å². The molecule has 0 unspecified atom stereocenters. The minimum atomic E-state index is 0.0572. The van der Waals surface area contributed by atoms with Crippen LogP contribution in [0.15, 0.2) is 22.7 Å². The Morgan fingerprint density at radius 3 is 2.20 bits per heavy atom. The van der Waals surface area contributed by atoms with Crippen molar-refractivity contribution in [2.75, 3.05) is 0 Å². The zero-order valence-electron chi connectivity index (χ0n) is 9.67. The van der Waals surface area contributed by atoms with Crippen molar-refractivity contribution >= 4 is 21.7 Å². The largest absolute Gasteiger partial charge is 0.294 e. The summed E-state index contributed by atoms with van der Waals surface area (Å²) in [4.78, 5) is 11.8. The van der Waals surface area contributed by atoms with Crippen LogP contribution in [0.2, 0.25) is 0 Å². The first kappa shape index (κ1) is 12.4. The average Bonchev–Trinajstić information content (AvgIpc) is 2.15. The van der Waals surface area contributed by atoms with Crippen molar-refractivity contribution in [2.45, 2.75) is 33.6 Å². The Hall–Kier alpha value is -0.630. The molecule has 0 radical (unpaired) electrons. The number of halogens is 1. The summed E-state index contributed by atoms with van der Waals surface area (Å²) in [6, 6.07) is 5.88. The Kier molecular flexibility index (Phi) is 4.09. The molecule has 1 nitrogen and oxygen atoms in total. The van der Waals surface area contributed by atoms with E-state index in [0.29, 0.717) is 5.92 Å². The lowest BCUT2D eigenvalue weighted by molar-refractivity contribution is 0.0939. The summed E-state index contributed by atoms with van der Waals surface area (Å²) in [6.45, 7) is 8.13. The molecule has 0 N–H and O–H groups in total. The maximum absolute atomic E-state index is 11.8. The third-order valence-corrected chi connectivity index (χ3v) is 3.12. The fraction of sp³-hybridized carbons (Fsp3) is 0.462. The van der Waals surface area contributed by atoms with Crippen molar-refractivity contribution in [3.63, 3.8) is 0 Å². The van der Waals surface area contributed by atoms with Crippen LogP contribution in [0.25, 0.3) is 0 Å². The quantitative estimate of drug-likeness (QED) is 0.743. The maximum Gasteiger partial charge on any atom is 0.165 e. The van der Waals surface area contributed by atoms with E-state index < -0.39 is 0 Å². The van der Waals surface area contributed by atoms with Crippen LogP contribution in [0.1, 0.15) is 49.5 Å². The van der Waals surface area contributed by atoms with Gasteiger partial charge in [0.1, 0.15) is 0 Å². The normalized spacial score (nSPS) is 11.1. The van der Waals surface area contributed by atoms with Gasteiger partial charge in [0.25, 0.3) is 0 Å². The topological polar surface area (TPSA) is 17.1 Å². The van der Waals surface area contributed by atoms with Crippen molar-refractivity contribution in [1.29, 1.82) is 0 Å². The van der Waals surface area contributed by atoms with E-state index in [1.54, 1.807) is 0 Å². The highest BCUT2D eigenvalue weighted by atomic mass is 79.9. The zero-order chi connectivity index (χ0) is 11.6. The van der Waals surface area contributed by atoms with Gasteiger partial charge in [-0.3, -0.25) is 4.79 Å². The van der Waals surface area contributed by atoms with Crippen molar-refractivity contribution in [2.24, 2.45) is 5.92 Å². The molecule has 15 heavy (non-hydrogen) atoms. The predicted molar refractivity (Wildman–Crippen MR) is 67.4 cm³/mol. The van der Waals surface area contributed by atoms with E-state index in [2.05, 4.69) is 29.8 Å². The first-order valence-corrected chi connectivity index (χ1v) is 6.06. The Balaban J connectivity index is 3.07. The summed E-state index contributed by atoms with van der Waals surface area (Å²) in [7, 11) is 0. The molecule has 0 saturated heterocycles.